The molecule has 1 heterocycles. The van der Waals surface area contributed by atoms with Crippen LogP contribution < -0.4 is 10.9 Å². The van der Waals surface area contributed by atoms with Crippen molar-refractivity contribution in [1.82, 2.24) is 15.2 Å². The van der Waals surface area contributed by atoms with Gasteiger partial charge in [-0.25, -0.2) is 0 Å². The van der Waals surface area contributed by atoms with Crippen LogP contribution in [0.3, 0.4) is 0 Å². The van der Waals surface area contributed by atoms with Gasteiger partial charge in [-0.3, -0.25) is 9.59 Å². The van der Waals surface area contributed by atoms with Gasteiger partial charge in [0.15, 0.2) is 0 Å². The molecule has 116 valence electrons. The molecule has 0 aliphatic heterocycles. The number of aryl methyl sites for hydroxylation is 1. The Hall–Kier alpha value is -1.82. The molecular formula is C15H23N3O3. The van der Waals surface area contributed by atoms with Gasteiger partial charge in [-0.1, -0.05) is 0 Å². The van der Waals surface area contributed by atoms with E-state index in [1.165, 1.54) is 0 Å². The molecule has 3 N–H and O–H groups in total. The Balaban J connectivity index is 2.12. The van der Waals surface area contributed by atoms with Crippen molar-refractivity contribution in [2.24, 2.45) is 0 Å². The molecule has 2 rings (SSSR count). The molecule has 1 aliphatic carbocycles. The summed E-state index contributed by atoms with van der Waals surface area (Å²) in [4.78, 5) is 28.9. The van der Waals surface area contributed by atoms with Crippen LogP contribution in [-0.4, -0.2) is 48.1 Å². The minimum Gasteiger partial charge on any atom is -0.507 e. The van der Waals surface area contributed by atoms with Gasteiger partial charge >= 0.3 is 0 Å². The van der Waals surface area contributed by atoms with E-state index >= 15 is 0 Å². The van der Waals surface area contributed by atoms with E-state index in [0.717, 1.165) is 43.5 Å². The fourth-order valence-electron chi connectivity index (χ4n) is 2.66. The third-order valence-corrected chi connectivity index (χ3v) is 3.78. The highest BCUT2D eigenvalue weighted by molar-refractivity contribution is 5.96. The highest BCUT2D eigenvalue weighted by atomic mass is 16.3. The van der Waals surface area contributed by atoms with Gasteiger partial charge in [0, 0.05) is 17.8 Å². The first-order valence-corrected chi connectivity index (χ1v) is 7.40. The molecule has 0 fully saturated rings. The monoisotopic (exact) mass is 293 g/mol. The molecule has 21 heavy (non-hydrogen) atoms. The average molecular weight is 293 g/mol. The molecule has 0 aromatic carbocycles. The predicted octanol–water partition coefficient (Wildman–Crippen LogP) is 0.641. The lowest BCUT2D eigenvalue weighted by atomic mass is 9.93. The standard InChI is InChI=1S/C15H23N3O3/c1-18(2)9-5-8-16-14(20)12-13(19)10-6-3-4-7-11(10)17-15(12)21/h3-9H2,1-2H3,(H,16,20)(H2,17,19,21). The highest BCUT2D eigenvalue weighted by Gasteiger charge is 2.23. The summed E-state index contributed by atoms with van der Waals surface area (Å²) in [5.74, 6) is -0.639. The second-order valence-corrected chi connectivity index (χ2v) is 5.75. The second kappa shape index (κ2) is 6.76. The number of aromatic nitrogens is 1. The fourth-order valence-corrected chi connectivity index (χ4v) is 2.66. The van der Waals surface area contributed by atoms with E-state index in [-0.39, 0.29) is 11.3 Å². The van der Waals surface area contributed by atoms with Gasteiger partial charge in [0.25, 0.3) is 11.5 Å². The summed E-state index contributed by atoms with van der Waals surface area (Å²) < 4.78 is 0. The van der Waals surface area contributed by atoms with E-state index in [2.05, 4.69) is 10.3 Å². The van der Waals surface area contributed by atoms with Crippen LogP contribution in [0.2, 0.25) is 0 Å². The summed E-state index contributed by atoms with van der Waals surface area (Å²) in [6.07, 6.45) is 4.22. The predicted molar refractivity (Wildman–Crippen MR) is 80.9 cm³/mol. The number of amides is 1. The van der Waals surface area contributed by atoms with Crippen molar-refractivity contribution >= 4 is 5.91 Å². The third kappa shape index (κ3) is 3.64. The SMILES string of the molecule is CN(C)CCCNC(=O)c1c(O)c2c([nH]c1=O)CCCC2. The number of carbonyl (C=O) groups is 1. The molecule has 6 heteroatoms. The summed E-state index contributed by atoms with van der Waals surface area (Å²) in [5, 5.41) is 12.9. The molecule has 6 nitrogen and oxygen atoms in total. The minimum atomic E-state index is -0.502. The quantitative estimate of drug-likeness (QED) is 0.696. The first-order chi connectivity index (χ1) is 10.0. The van der Waals surface area contributed by atoms with Crippen LogP contribution in [-0.2, 0) is 12.8 Å². The smallest absolute Gasteiger partial charge is 0.264 e. The van der Waals surface area contributed by atoms with Crippen LogP contribution in [0.4, 0.5) is 0 Å². The lowest BCUT2D eigenvalue weighted by Gasteiger charge is -2.18. The van der Waals surface area contributed by atoms with Crippen molar-refractivity contribution in [3.8, 4) is 5.75 Å². The number of aromatic hydroxyl groups is 1. The van der Waals surface area contributed by atoms with Crippen LogP contribution in [0.1, 0.15) is 40.9 Å². The maximum atomic E-state index is 12.1. The Morgan fingerprint density at radius 2 is 2.05 bits per heavy atom. The number of hydrogen-bond donors (Lipinski definition) is 3. The molecule has 0 unspecified atom stereocenters. The van der Waals surface area contributed by atoms with Crippen LogP contribution in [0.25, 0.3) is 0 Å². The Morgan fingerprint density at radius 3 is 2.76 bits per heavy atom. The van der Waals surface area contributed by atoms with Crippen molar-refractivity contribution in [1.29, 1.82) is 0 Å². The Bertz CT molecular complexity index is 578. The zero-order valence-electron chi connectivity index (χ0n) is 12.7. The van der Waals surface area contributed by atoms with Gasteiger partial charge in [-0.05, 0) is 52.7 Å². The molecule has 1 aliphatic rings. The van der Waals surface area contributed by atoms with Gasteiger partial charge < -0.3 is 20.3 Å². The van der Waals surface area contributed by atoms with Crippen molar-refractivity contribution in [2.45, 2.75) is 32.1 Å². The Kier molecular flexibility index (Phi) is 5.01. The maximum Gasteiger partial charge on any atom is 0.264 e. The number of fused-ring (bicyclic) bond motifs is 1. The molecule has 0 radical (unpaired) electrons. The Labute approximate surface area is 124 Å². The summed E-state index contributed by atoms with van der Waals surface area (Å²) in [6, 6.07) is 0. The minimum absolute atomic E-state index is 0.140. The summed E-state index contributed by atoms with van der Waals surface area (Å²) in [5.41, 5.74) is 0.839. The fraction of sp³-hybridized carbons (Fsp3) is 0.600. The molecule has 1 aromatic rings. The van der Waals surface area contributed by atoms with Gasteiger partial charge in [0.2, 0.25) is 0 Å². The van der Waals surface area contributed by atoms with Gasteiger partial charge in [0.05, 0.1) is 0 Å². The number of H-pyrrole nitrogens is 1. The first-order valence-electron chi connectivity index (χ1n) is 7.40. The van der Waals surface area contributed by atoms with E-state index < -0.39 is 11.5 Å². The van der Waals surface area contributed by atoms with Crippen molar-refractivity contribution in [3.05, 3.63) is 27.2 Å². The molecule has 0 spiro atoms. The topological polar surface area (TPSA) is 85.4 Å². The summed E-state index contributed by atoms with van der Waals surface area (Å²) in [6.45, 7) is 1.33. The lowest BCUT2D eigenvalue weighted by Crippen LogP contribution is -2.33. The van der Waals surface area contributed by atoms with Crippen molar-refractivity contribution in [3.63, 3.8) is 0 Å². The van der Waals surface area contributed by atoms with Crippen molar-refractivity contribution < 1.29 is 9.90 Å². The molecule has 0 saturated heterocycles. The van der Waals surface area contributed by atoms with Crippen LogP contribution in [0.5, 0.6) is 5.75 Å². The van der Waals surface area contributed by atoms with E-state index in [4.69, 9.17) is 0 Å². The van der Waals surface area contributed by atoms with E-state index in [0.29, 0.717) is 13.0 Å². The zero-order valence-corrected chi connectivity index (χ0v) is 12.7. The number of nitrogens with one attached hydrogen (secondary N) is 2. The highest BCUT2D eigenvalue weighted by Crippen LogP contribution is 2.28. The lowest BCUT2D eigenvalue weighted by molar-refractivity contribution is 0.0947. The largest absolute Gasteiger partial charge is 0.507 e. The zero-order chi connectivity index (χ0) is 15.4. The summed E-state index contributed by atoms with van der Waals surface area (Å²) >= 11 is 0. The number of pyridine rings is 1. The Morgan fingerprint density at radius 1 is 1.33 bits per heavy atom. The third-order valence-electron chi connectivity index (χ3n) is 3.78. The van der Waals surface area contributed by atoms with Crippen molar-refractivity contribution in [2.75, 3.05) is 27.2 Å². The van der Waals surface area contributed by atoms with E-state index in [1.54, 1.807) is 0 Å². The number of hydrogen-bond acceptors (Lipinski definition) is 4. The maximum absolute atomic E-state index is 12.1. The number of rotatable bonds is 5. The molecule has 0 bridgehead atoms. The number of carbonyl (C=O) groups excluding carboxylic acids is 1. The normalized spacial score (nSPS) is 14.0. The van der Waals surface area contributed by atoms with Gasteiger partial charge in [-0.2, -0.15) is 0 Å². The van der Waals surface area contributed by atoms with Gasteiger partial charge in [0.1, 0.15) is 11.3 Å². The van der Waals surface area contributed by atoms with Gasteiger partial charge in [-0.15, -0.1) is 0 Å². The van der Waals surface area contributed by atoms with Crippen LogP contribution in [0, 0.1) is 0 Å². The molecule has 1 aromatic heterocycles. The second-order valence-electron chi connectivity index (χ2n) is 5.75. The molecule has 1 amide bonds. The summed E-state index contributed by atoms with van der Waals surface area (Å²) in [7, 11) is 3.92. The first kappa shape index (κ1) is 15.6. The number of nitrogens with zero attached hydrogens (tertiary/aromatic N) is 1. The molecule has 0 saturated carbocycles. The molecular weight excluding hydrogens is 270 g/mol. The molecule has 0 atom stereocenters. The van der Waals surface area contributed by atoms with E-state index in [9.17, 15) is 14.7 Å². The van der Waals surface area contributed by atoms with Crippen LogP contribution in [0.15, 0.2) is 4.79 Å². The van der Waals surface area contributed by atoms with Crippen LogP contribution >= 0.6 is 0 Å². The number of aromatic amines is 1. The average Bonchev–Trinajstić information content (AvgIpc) is 2.43. The van der Waals surface area contributed by atoms with E-state index in [1.807, 2.05) is 19.0 Å².